The molecule has 1 fully saturated rings. The van der Waals surface area contributed by atoms with Gasteiger partial charge in [-0.3, -0.25) is 13.5 Å². The molecule has 34 heavy (non-hydrogen) atoms. The number of nitrogen functional groups attached to an aromatic ring is 1. The fourth-order valence-corrected chi connectivity index (χ4v) is 4.22. The van der Waals surface area contributed by atoms with Crippen LogP contribution in [0.3, 0.4) is 0 Å². The molecule has 5 N–H and O–H groups in total. The Bertz CT molecular complexity index is 1310. The van der Waals surface area contributed by atoms with Gasteiger partial charge in [-0.15, -0.1) is 0 Å². The molecule has 182 valence electrons. The van der Waals surface area contributed by atoms with E-state index in [2.05, 4.69) is 15.0 Å². The number of carbonyl (C=O) groups is 1. The van der Waals surface area contributed by atoms with Gasteiger partial charge in [0.05, 0.1) is 18.5 Å². The molecule has 0 bridgehead atoms. The monoisotopic (exact) mass is 493 g/mol. The number of hydrogen-bond acceptors (Lipinski definition) is 12. The molecule has 0 spiro atoms. The van der Waals surface area contributed by atoms with Gasteiger partial charge in [0, 0.05) is 19.8 Å². The molecule has 1 aliphatic rings. The number of para-hydroxylation sites is 1. The third-order valence-electron chi connectivity index (χ3n) is 5.18. The van der Waals surface area contributed by atoms with Crippen LogP contribution in [0.2, 0.25) is 0 Å². The lowest BCUT2D eigenvalue weighted by atomic mass is 10.1. The van der Waals surface area contributed by atoms with Crippen LogP contribution in [-0.2, 0) is 19.2 Å². The Morgan fingerprint density at radius 1 is 1.24 bits per heavy atom. The highest BCUT2D eigenvalue weighted by Crippen LogP contribution is 2.32. The minimum absolute atomic E-state index is 0.0478. The van der Waals surface area contributed by atoms with Crippen molar-refractivity contribution in [3.05, 3.63) is 42.5 Å². The first kappa shape index (κ1) is 23.8. The number of nitrogens with zero attached hydrogens (tertiary/aromatic N) is 5. The van der Waals surface area contributed by atoms with Gasteiger partial charge >= 0.3 is 10.3 Å². The first-order valence-electron chi connectivity index (χ1n) is 10.0. The van der Waals surface area contributed by atoms with E-state index in [-0.39, 0.29) is 11.3 Å². The number of fused-ring (bicyclic) bond motifs is 1. The predicted octanol–water partition coefficient (Wildman–Crippen LogP) is -1.21. The van der Waals surface area contributed by atoms with Crippen LogP contribution in [0.15, 0.2) is 36.9 Å². The van der Waals surface area contributed by atoms with Crippen LogP contribution < -0.4 is 15.4 Å². The highest BCUT2D eigenvalue weighted by Gasteiger charge is 2.45. The Morgan fingerprint density at radius 3 is 2.68 bits per heavy atom. The second-order valence-corrected chi connectivity index (χ2v) is 9.07. The van der Waals surface area contributed by atoms with Gasteiger partial charge in [-0.25, -0.2) is 19.7 Å². The normalized spacial score (nSPS) is 22.7. The maximum absolute atomic E-state index is 12.2. The molecule has 4 atom stereocenters. The topological polar surface area (TPSA) is 195 Å². The van der Waals surface area contributed by atoms with E-state index in [0.29, 0.717) is 17.0 Å². The number of aliphatic hydroxyl groups excluding tert-OH is 2. The van der Waals surface area contributed by atoms with Crippen LogP contribution in [0, 0.1) is 0 Å². The number of hydrogen-bond donors (Lipinski definition) is 4. The second kappa shape index (κ2) is 9.11. The molecule has 0 radical (unpaired) electrons. The van der Waals surface area contributed by atoms with Crippen LogP contribution in [0.5, 0.6) is 0 Å². The number of anilines is 2. The third-order valence-corrected chi connectivity index (χ3v) is 6.07. The van der Waals surface area contributed by atoms with Crippen molar-refractivity contribution in [3.63, 3.8) is 0 Å². The zero-order valence-corrected chi connectivity index (χ0v) is 19.0. The van der Waals surface area contributed by atoms with Gasteiger partial charge in [0.15, 0.2) is 23.2 Å². The summed E-state index contributed by atoms with van der Waals surface area (Å²) in [5, 5.41) is 20.9. The third kappa shape index (κ3) is 4.51. The molecule has 2 aromatic heterocycles. The SMILES string of the molecule is CN(C)c1ncnc2c1ncn2[C@@H]1O[C@H](COS(=O)(=O)NC(=O)c2ccccc2N)[C@@H](O)[C@H]1O. The van der Waals surface area contributed by atoms with E-state index in [1.165, 1.54) is 35.4 Å². The van der Waals surface area contributed by atoms with Crippen LogP contribution in [0.1, 0.15) is 16.6 Å². The Labute approximate surface area is 194 Å². The summed E-state index contributed by atoms with van der Waals surface area (Å²) in [5.74, 6) is -0.442. The lowest BCUT2D eigenvalue weighted by molar-refractivity contribution is -0.0468. The Kier molecular flexibility index (Phi) is 6.37. The molecule has 1 saturated heterocycles. The summed E-state index contributed by atoms with van der Waals surface area (Å²) in [6.45, 7) is -0.674. The van der Waals surface area contributed by atoms with Gasteiger partial charge in [0.2, 0.25) is 0 Å². The van der Waals surface area contributed by atoms with Crippen molar-refractivity contribution in [3.8, 4) is 0 Å². The van der Waals surface area contributed by atoms with E-state index >= 15 is 0 Å². The summed E-state index contributed by atoms with van der Waals surface area (Å²) in [4.78, 5) is 26.5. The van der Waals surface area contributed by atoms with E-state index in [1.807, 2.05) is 0 Å². The zero-order valence-electron chi connectivity index (χ0n) is 18.1. The fraction of sp³-hybridized carbons (Fsp3) is 0.368. The average molecular weight is 494 g/mol. The van der Waals surface area contributed by atoms with Crippen molar-refractivity contribution in [1.29, 1.82) is 0 Å². The Morgan fingerprint density at radius 2 is 1.97 bits per heavy atom. The van der Waals surface area contributed by atoms with Gasteiger partial charge < -0.3 is 25.6 Å². The molecule has 1 amide bonds. The van der Waals surface area contributed by atoms with E-state index in [9.17, 15) is 23.4 Å². The number of imidazole rings is 1. The van der Waals surface area contributed by atoms with Gasteiger partial charge in [-0.1, -0.05) is 12.1 Å². The molecule has 14 nitrogen and oxygen atoms in total. The average Bonchev–Trinajstić information content (AvgIpc) is 3.33. The van der Waals surface area contributed by atoms with Crippen LogP contribution in [-0.4, -0.2) is 83.1 Å². The molecular formula is C19H23N7O7S. The van der Waals surface area contributed by atoms with Gasteiger partial charge in [-0.05, 0) is 12.1 Å². The Hall–Kier alpha value is -3.37. The lowest BCUT2D eigenvalue weighted by Gasteiger charge is -2.17. The van der Waals surface area contributed by atoms with Crippen molar-refractivity contribution in [2.45, 2.75) is 24.5 Å². The van der Waals surface area contributed by atoms with Crippen molar-refractivity contribution in [2.75, 3.05) is 31.3 Å². The first-order valence-corrected chi connectivity index (χ1v) is 11.4. The van der Waals surface area contributed by atoms with Gasteiger partial charge in [0.25, 0.3) is 5.91 Å². The maximum atomic E-state index is 12.2. The first-order chi connectivity index (χ1) is 16.1. The molecule has 3 heterocycles. The van der Waals surface area contributed by atoms with Gasteiger partial charge in [0.1, 0.15) is 24.6 Å². The number of nitrogens with one attached hydrogen (secondary N) is 1. The zero-order chi connectivity index (χ0) is 24.6. The fourth-order valence-electron chi connectivity index (χ4n) is 3.51. The molecule has 1 aliphatic heterocycles. The molecule has 15 heteroatoms. The van der Waals surface area contributed by atoms with Crippen LogP contribution >= 0.6 is 0 Å². The molecule has 0 aliphatic carbocycles. The van der Waals surface area contributed by atoms with Crippen molar-refractivity contribution in [1.82, 2.24) is 24.2 Å². The van der Waals surface area contributed by atoms with E-state index < -0.39 is 47.4 Å². The Balaban J connectivity index is 1.46. The van der Waals surface area contributed by atoms with E-state index in [0.717, 1.165) is 0 Å². The summed E-state index contributed by atoms with van der Waals surface area (Å²) in [6.07, 6.45) is -2.60. The van der Waals surface area contributed by atoms with Gasteiger partial charge in [-0.2, -0.15) is 8.42 Å². The van der Waals surface area contributed by atoms with E-state index in [1.54, 1.807) is 29.8 Å². The van der Waals surface area contributed by atoms with E-state index in [4.69, 9.17) is 14.7 Å². The minimum Gasteiger partial charge on any atom is -0.398 e. The number of ether oxygens (including phenoxy) is 1. The summed E-state index contributed by atoms with van der Waals surface area (Å²) >= 11 is 0. The molecule has 1 aromatic carbocycles. The quantitative estimate of drug-likeness (QED) is 0.287. The van der Waals surface area contributed by atoms with Crippen molar-refractivity contribution >= 4 is 38.9 Å². The standard InChI is InChI=1S/C19H23N7O7S/c1-25(2)16-13-17(22-8-21-16)26(9-23-13)19-15(28)14(27)12(33-19)7-32-34(30,31)24-18(29)10-5-3-4-6-11(10)20/h3-6,8-9,12,14-15,19,27-28H,7,20H2,1-2H3,(H,24,29)/t12-,14-,15-,19-/m1/s1. The smallest absolute Gasteiger partial charge is 0.362 e. The number of rotatable bonds is 7. The lowest BCUT2D eigenvalue weighted by Crippen LogP contribution is -2.38. The summed E-state index contributed by atoms with van der Waals surface area (Å²) in [7, 11) is -1.00. The van der Waals surface area contributed by atoms with Crippen LogP contribution in [0.25, 0.3) is 11.2 Å². The largest absolute Gasteiger partial charge is 0.398 e. The summed E-state index contributed by atoms with van der Waals surface area (Å²) in [6, 6.07) is 5.91. The number of benzene rings is 1. The number of nitrogens with two attached hydrogens (primary N) is 1. The summed E-state index contributed by atoms with van der Waals surface area (Å²) < 4.78 is 38.1. The molecule has 4 rings (SSSR count). The molecule has 3 aromatic rings. The molecular weight excluding hydrogens is 470 g/mol. The second-order valence-electron chi connectivity index (χ2n) is 7.72. The number of aliphatic hydroxyl groups is 2. The molecule has 0 saturated carbocycles. The molecule has 0 unspecified atom stereocenters. The van der Waals surface area contributed by atoms with Crippen molar-refractivity contribution in [2.24, 2.45) is 0 Å². The number of aromatic nitrogens is 4. The highest BCUT2D eigenvalue weighted by atomic mass is 32.2. The number of carbonyl (C=O) groups excluding carboxylic acids is 1. The maximum Gasteiger partial charge on any atom is 0.362 e. The summed E-state index contributed by atoms with van der Waals surface area (Å²) in [5.41, 5.74) is 6.51. The number of amides is 1. The highest BCUT2D eigenvalue weighted by molar-refractivity contribution is 7.85. The van der Waals surface area contributed by atoms with Crippen molar-refractivity contribution < 1.29 is 32.3 Å². The van der Waals surface area contributed by atoms with Crippen LogP contribution in [0.4, 0.5) is 11.5 Å². The predicted molar refractivity (Wildman–Crippen MR) is 119 cm³/mol. The minimum atomic E-state index is -4.57.